The number of nitrogens with zero attached hydrogens (tertiary/aromatic N) is 2. The minimum Gasteiger partial charge on any atom is -0.497 e. The third-order valence-electron chi connectivity index (χ3n) is 5.71. The second kappa shape index (κ2) is 6.17. The van der Waals surface area contributed by atoms with Gasteiger partial charge in [-0.3, -0.25) is 9.88 Å². The molecule has 4 heteroatoms. The summed E-state index contributed by atoms with van der Waals surface area (Å²) in [4.78, 5) is 6.74. The Morgan fingerprint density at radius 1 is 1.38 bits per heavy atom. The van der Waals surface area contributed by atoms with Crippen LogP contribution >= 0.6 is 0 Å². The number of halogens is 1. The molecule has 5 atom stereocenters. The number of methoxy groups -OCH3 is 1. The summed E-state index contributed by atoms with van der Waals surface area (Å²) in [5.41, 5.74) is 1.91. The van der Waals surface area contributed by atoms with Crippen molar-refractivity contribution < 1.29 is 9.13 Å². The summed E-state index contributed by atoms with van der Waals surface area (Å²) in [6, 6.07) is 7.59. The van der Waals surface area contributed by atoms with Crippen LogP contribution < -0.4 is 4.74 Å². The highest BCUT2D eigenvalue weighted by atomic mass is 19.1. The maximum atomic E-state index is 15.2. The molecule has 0 radical (unpaired) electrons. The van der Waals surface area contributed by atoms with Gasteiger partial charge in [0.2, 0.25) is 0 Å². The molecule has 0 amide bonds. The minimum atomic E-state index is -0.862. The lowest BCUT2D eigenvalue weighted by molar-refractivity contribution is 0.113. The number of hydrogen-bond acceptors (Lipinski definition) is 3. The fraction of sp³-hybridized carbons (Fsp3) is 0.450. The highest BCUT2D eigenvalue weighted by molar-refractivity contribution is 5.84. The molecule has 0 N–H and O–H groups in total. The molecule has 3 fully saturated rings. The predicted molar refractivity (Wildman–Crippen MR) is 93.9 cm³/mol. The maximum Gasteiger partial charge on any atom is 0.120 e. The maximum absolute atomic E-state index is 15.2. The second-order valence-corrected chi connectivity index (χ2v) is 6.92. The molecule has 3 nitrogen and oxygen atoms in total. The van der Waals surface area contributed by atoms with Crippen LogP contribution in [0.4, 0.5) is 4.39 Å². The summed E-state index contributed by atoms with van der Waals surface area (Å²) in [5, 5.41) is 0.991. The highest BCUT2D eigenvalue weighted by Gasteiger charge is 2.42. The molecule has 0 spiro atoms. The van der Waals surface area contributed by atoms with Gasteiger partial charge in [-0.2, -0.15) is 0 Å². The third kappa shape index (κ3) is 2.49. The number of benzene rings is 1. The monoisotopic (exact) mass is 326 g/mol. The van der Waals surface area contributed by atoms with Crippen molar-refractivity contribution in [3.8, 4) is 5.75 Å². The SMILES string of the molecule is C=CC1CN2CC[C@H]1C[C@@H](F)[C@@H]2c1ccnc2ccc(OC)cc12. The molecule has 3 saturated heterocycles. The summed E-state index contributed by atoms with van der Waals surface area (Å²) < 4.78 is 20.6. The van der Waals surface area contributed by atoms with Gasteiger partial charge in [0.25, 0.3) is 0 Å². The zero-order valence-corrected chi connectivity index (χ0v) is 14.0. The molecular weight excluding hydrogens is 303 g/mol. The zero-order chi connectivity index (χ0) is 16.7. The van der Waals surface area contributed by atoms with Crippen LogP contribution in [0.1, 0.15) is 24.4 Å². The van der Waals surface area contributed by atoms with Crippen molar-refractivity contribution in [2.24, 2.45) is 11.8 Å². The molecule has 2 aromatic rings. The summed E-state index contributed by atoms with van der Waals surface area (Å²) in [7, 11) is 1.65. The normalized spacial score (nSPS) is 32.5. The van der Waals surface area contributed by atoms with Gasteiger partial charge in [0.05, 0.1) is 18.7 Å². The van der Waals surface area contributed by atoms with Gasteiger partial charge in [-0.25, -0.2) is 4.39 Å². The van der Waals surface area contributed by atoms with E-state index in [9.17, 15) is 0 Å². The lowest BCUT2D eigenvalue weighted by Gasteiger charge is -2.36. The first-order chi connectivity index (χ1) is 11.7. The van der Waals surface area contributed by atoms with E-state index in [1.807, 2.05) is 30.3 Å². The summed E-state index contributed by atoms with van der Waals surface area (Å²) >= 11 is 0. The number of alkyl halides is 1. The molecule has 5 rings (SSSR count). The first-order valence-electron chi connectivity index (χ1n) is 8.64. The van der Waals surface area contributed by atoms with Crippen LogP contribution in [0.15, 0.2) is 43.1 Å². The van der Waals surface area contributed by atoms with Crippen molar-refractivity contribution in [2.75, 3.05) is 20.2 Å². The first-order valence-corrected chi connectivity index (χ1v) is 8.64. The predicted octanol–water partition coefficient (Wildman–Crippen LogP) is 4.15. The van der Waals surface area contributed by atoms with E-state index in [-0.39, 0.29) is 6.04 Å². The van der Waals surface area contributed by atoms with Crippen molar-refractivity contribution in [3.05, 3.63) is 48.7 Å². The average Bonchev–Trinajstić information content (AvgIpc) is 2.86. The molecule has 2 bridgehead atoms. The van der Waals surface area contributed by atoms with Crippen LogP contribution in [0, 0.1) is 11.8 Å². The van der Waals surface area contributed by atoms with Crippen molar-refractivity contribution in [1.29, 1.82) is 0 Å². The van der Waals surface area contributed by atoms with Gasteiger partial charge < -0.3 is 4.74 Å². The molecular formula is C20H23FN2O. The fourth-order valence-electron chi connectivity index (χ4n) is 4.44. The lowest BCUT2D eigenvalue weighted by atomic mass is 9.84. The second-order valence-electron chi connectivity index (χ2n) is 6.92. The summed E-state index contributed by atoms with van der Waals surface area (Å²) in [5.74, 6) is 1.59. The number of fused-ring (bicyclic) bond motifs is 5. The van der Waals surface area contributed by atoms with Gasteiger partial charge in [-0.05, 0) is 61.1 Å². The van der Waals surface area contributed by atoms with Gasteiger partial charge in [0.15, 0.2) is 0 Å². The van der Waals surface area contributed by atoms with Gasteiger partial charge in [0, 0.05) is 18.1 Å². The molecule has 0 aliphatic carbocycles. The topological polar surface area (TPSA) is 25.4 Å². The van der Waals surface area contributed by atoms with E-state index < -0.39 is 6.17 Å². The first kappa shape index (κ1) is 15.6. The largest absolute Gasteiger partial charge is 0.497 e. The molecule has 126 valence electrons. The smallest absolute Gasteiger partial charge is 0.120 e. The van der Waals surface area contributed by atoms with Crippen molar-refractivity contribution in [1.82, 2.24) is 9.88 Å². The van der Waals surface area contributed by atoms with E-state index in [0.717, 1.165) is 41.7 Å². The zero-order valence-electron chi connectivity index (χ0n) is 14.0. The Hall–Kier alpha value is -1.94. The Morgan fingerprint density at radius 2 is 2.25 bits per heavy atom. The Kier molecular flexibility index (Phi) is 4.01. The number of aromatic nitrogens is 1. The lowest BCUT2D eigenvalue weighted by Crippen LogP contribution is -2.39. The van der Waals surface area contributed by atoms with Crippen LogP contribution in [0.2, 0.25) is 0 Å². The number of hydrogen-bond donors (Lipinski definition) is 0. The van der Waals surface area contributed by atoms with E-state index in [0.29, 0.717) is 18.3 Å². The van der Waals surface area contributed by atoms with Crippen molar-refractivity contribution in [2.45, 2.75) is 25.1 Å². The fourth-order valence-corrected chi connectivity index (χ4v) is 4.44. The molecule has 2 unspecified atom stereocenters. The van der Waals surface area contributed by atoms with Gasteiger partial charge in [0.1, 0.15) is 11.9 Å². The minimum absolute atomic E-state index is 0.211. The summed E-state index contributed by atoms with van der Waals surface area (Å²) in [6.45, 7) is 5.81. The molecule has 4 heterocycles. The van der Waals surface area contributed by atoms with Crippen molar-refractivity contribution >= 4 is 10.9 Å². The molecule has 3 aliphatic heterocycles. The third-order valence-corrected chi connectivity index (χ3v) is 5.71. The van der Waals surface area contributed by atoms with Crippen LogP contribution in [-0.4, -0.2) is 36.3 Å². The Morgan fingerprint density at radius 3 is 3.04 bits per heavy atom. The molecule has 1 aromatic carbocycles. The average molecular weight is 326 g/mol. The van der Waals surface area contributed by atoms with Crippen LogP contribution in [0.25, 0.3) is 10.9 Å². The van der Waals surface area contributed by atoms with Gasteiger partial charge in [-0.1, -0.05) is 6.08 Å². The van der Waals surface area contributed by atoms with E-state index in [4.69, 9.17) is 4.74 Å². The molecule has 3 aliphatic rings. The standard InChI is InChI=1S/C20H23FN2O/c1-3-13-12-23-9-7-14(13)10-18(21)20(23)16-6-8-22-19-5-4-15(24-2)11-17(16)19/h3-6,8,11,13-14,18,20H,1,7,9-10,12H2,2H3/t13?,14-,18+,20-/m0/s1. The molecule has 1 aromatic heterocycles. The van der Waals surface area contributed by atoms with Gasteiger partial charge >= 0.3 is 0 Å². The Balaban J connectivity index is 1.82. The van der Waals surface area contributed by atoms with Crippen LogP contribution in [0.5, 0.6) is 5.75 Å². The Bertz CT molecular complexity index is 762. The number of pyridine rings is 1. The van der Waals surface area contributed by atoms with Crippen LogP contribution in [0.3, 0.4) is 0 Å². The number of rotatable bonds is 3. The van der Waals surface area contributed by atoms with Gasteiger partial charge in [-0.15, -0.1) is 6.58 Å². The molecule has 0 saturated carbocycles. The summed E-state index contributed by atoms with van der Waals surface area (Å²) in [6.07, 6.45) is 4.62. The van der Waals surface area contributed by atoms with E-state index >= 15 is 4.39 Å². The molecule has 24 heavy (non-hydrogen) atoms. The van der Waals surface area contributed by atoms with E-state index in [1.165, 1.54) is 0 Å². The Labute approximate surface area is 142 Å². The van der Waals surface area contributed by atoms with E-state index in [2.05, 4.69) is 16.5 Å². The highest BCUT2D eigenvalue weighted by Crippen LogP contribution is 2.44. The quantitative estimate of drug-likeness (QED) is 0.792. The van der Waals surface area contributed by atoms with Crippen molar-refractivity contribution in [3.63, 3.8) is 0 Å². The van der Waals surface area contributed by atoms with E-state index in [1.54, 1.807) is 13.3 Å². The number of piperidine rings is 1. The van der Waals surface area contributed by atoms with Crippen LogP contribution in [-0.2, 0) is 0 Å². The number of ether oxygens (including phenoxy) is 1.